The van der Waals surface area contributed by atoms with Crippen LogP contribution in [-0.2, 0) is 0 Å². The van der Waals surface area contributed by atoms with E-state index in [0.29, 0.717) is 0 Å². The Morgan fingerprint density at radius 1 is 1.31 bits per heavy atom. The summed E-state index contributed by atoms with van der Waals surface area (Å²) in [5.74, 6) is 0.285. The number of hydrogen-bond donors (Lipinski definition) is 1. The molecule has 1 aliphatic carbocycles. The van der Waals surface area contributed by atoms with Gasteiger partial charge in [0.2, 0.25) is 0 Å². The van der Waals surface area contributed by atoms with Crippen LogP contribution in [0.1, 0.15) is 37.2 Å². The van der Waals surface area contributed by atoms with E-state index in [1.165, 1.54) is 6.42 Å². The molecule has 13 heavy (non-hydrogen) atoms. The third kappa shape index (κ3) is 1.90. The highest BCUT2D eigenvalue weighted by Gasteiger charge is 2.26. The first-order valence-electron chi connectivity index (χ1n) is 4.68. The van der Waals surface area contributed by atoms with Crippen LogP contribution < -0.4 is 0 Å². The van der Waals surface area contributed by atoms with Crippen molar-refractivity contribution in [2.75, 3.05) is 0 Å². The van der Waals surface area contributed by atoms with Gasteiger partial charge >= 0.3 is 0 Å². The van der Waals surface area contributed by atoms with Gasteiger partial charge in [0.1, 0.15) is 0 Å². The van der Waals surface area contributed by atoms with Crippen molar-refractivity contribution in [3.05, 3.63) is 21.3 Å². The van der Waals surface area contributed by atoms with Crippen molar-refractivity contribution in [1.29, 1.82) is 0 Å². The van der Waals surface area contributed by atoms with Gasteiger partial charge < -0.3 is 5.11 Å². The maximum atomic E-state index is 9.81. The average Bonchev–Trinajstić information content (AvgIpc) is 2.52. The van der Waals surface area contributed by atoms with E-state index in [9.17, 15) is 5.11 Å². The maximum absolute atomic E-state index is 9.81. The predicted molar refractivity (Wildman–Crippen MR) is 56.5 cm³/mol. The van der Waals surface area contributed by atoms with E-state index in [0.717, 1.165) is 29.8 Å². The molecule has 1 fully saturated rings. The number of aliphatic hydroxyl groups is 1. The normalized spacial score (nSPS) is 29.1. The lowest BCUT2D eigenvalue weighted by Gasteiger charge is -2.27. The van der Waals surface area contributed by atoms with Crippen LogP contribution in [0.15, 0.2) is 10.8 Å². The topological polar surface area (TPSA) is 20.2 Å². The van der Waals surface area contributed by atoms with E-state index in [1.54, 1.807) is 11.3 Å². The smallest absolute Gasteiger partial charge is 0.0609 e. The molecule has 0 saturated heterocycles. The van der Waals surface area contributed by atoms with E-state index < -0.39 is 0 Å². The molecule has 1 nitrogen and oxygen atoms in total. The van der Waals surface area contributed by atoms with Crippen molar-refractivity contribution in [2.24, 2.45) is 0 Å². The molecule has 0 aromatic carbocycles. The zero-order valence-electron chi connectivity index (χ0n) is 7.37. The van der Waals surface area contributed by atoms with Crippen molar-refractivity contribution >= 4 is 22.9 Å². The van der Waals surface area contributed by atoms with Crippen LogP contribution in [0.25, 0.3) is 0 Å². The molecule has 2 rings (SSSR count). The summed E-state index contributed by atoms with van der Waals surface area (Å²) in [6.07, 6.45) is 4.20. The molecule has 1 heterocycles. The molecular weight excluding hydrogens is 204 g/mol. The van der Waals surface area contributed by atoms with Gasteiger partial charge in [0.25, 0.3) is 0 Å². The van der Waals surface area contributed by atoms with Crippen LogP contribution in [0.2, 0.25) is 5.02 Å². The summed E-state index contributed by atoms with van der Waals surface area (Å²) in [7, 11) is 0. The van der Waals surface area contributed by atoms with Crippen LogP contribution in [0.4, 0.5) is 0 Å². The Kier molecular flexibility index (Phi) is 2.92. The minimum Gasteiger partial charge on any atom is -0.392 e. The predicted octanol–water partition coefficient (Wildman–Crippen LogP) is 3.42. The molecule has 1 aromatic heterocycles. The van der Waals surface area contributed by atoms with Crippen LogP contribution >= 0.6 is 22.9 Å². The lowest BCUT2D eigenvalue weighted by molar-refractivity contribution is 0.106. The van der Waals surface area contributed by atoms with Crippen molar-refractivity contribution in [2.45, 2.75) is 37.7 Å². The molecule has 0 bridgehead atoms. The number of hydrogen-bond acceptors (Lipinski definition) is 2. The molecule has 0 aliphatic heterocycles. The van der Waals surface area contributed by atoms with E-state index in [2.05, 4.69) is 5.38 Å². The van der Waals surface area contributed by atoms with E-state index >= 15 is 0 Å². The fourth-order valence-corrected chi connectivity index (χ4v) is 3.22. The van der Waals surface area contributed by atoms with Gasteiger partial charge in [-0.1, -0.05) is 24.4 Å². The Labute approximate surface area is 87.4 Å². The number of halogens is 1. The molecular formula is C10H13ClOS. The minimum absolute atomic E-state index is 0.180. The zero-order chi connectivity index (χ0) is 9.26. The molecule has 72 valence electrons. The second-order valence-corrected chi connectivity index (χ2v) is 4.78. The van der Waals surface area contributed by atoms with E-state index in [4.69, 9.17) is 11.6 Å². The summed E-state index contributed by atoms with van der Waals surface area (Å²) in [4.78, 5) is 0. The first-order valence-corrected chi connectivity index (χ1v) is 6.01. The fraction of sp³-hybridized carbons (Fsp3) is 0.600. The molecule has 0 spiro atoms. The van der Waals surface area contributed by atoms with Crippen molar-refractivity contribution in [3.63, 3.8) is 0 Å². The van der Waals surface area contributed by atoms with Gasteiger partial charge in [0, 0.05) is 11.3 Å². The third-order valence-corrected chi connectivity index (χ3v) is 3.99. The summed E-state index contributed by atoms with van der Waals surface area (Å²) in [6, 6.07) is 0. The van der Waals surface area contributed by atoms with Gasteiger partial charge in [-0.05, 0) is 23.8 Å². The number of aliphatic hydroxyl groups excluding tert-OH is 1. The number of rotatable bonds is 1. The lowest BCUT2D eigenvalue weighted by atomic mass is 9.83. The minimum atomic E-state index is -0.180. The standard InChI is InChI=1S/C10H13ClOS/c11-9-6-13-5-8(9)7-3-1-2-4-10(7)12/h5-7,10,12H,1-4H2/t7-,10+/m0/s1. The largest absolute Gasteiger partial charge is 0.392 e. The molecule has 1 saturated carbocycles. The highest BCUT2D eigenvalue weighted by molar-refractivity contribution is 7.08. The Bertz CT molecular complexity index is 284. The third-order valence-electron chi connectivity index (χ3n) is 2.77. The van der Waals surface area contributed by atoms with E-state index in [-0.39, 0.29) is 12.0 Å². The van der Waals surface area contributed by atoms with Crippen LogP contribution in [-0.4, -0.2) is 11.2 Å². The molecule has 1 aliphatic rings. The van der Waals surface area contributed by atoms with Gasteiger partial charge in [-0.3, -0.25) is 0 Å². The molecule has 0 radical (unpaired) electrons. The van der Waals surface area contributed by atoms with Gasteiger partial charge in [-0.2, -0.15) is 11.3 Å². The van der Waals surface area contributed by atoms with Crippen LogP contribution in [0, 0.1) is 0 Å². The highest BCUT2D eigenvalue weighted by Crippen LogP contribution is 2.38. The molecule has 1 N–H and O–H groups in total. The van der Waals surface area contributed by atoms with Crippen LogP contribution in [0.3, 0.4) is 0 Å². The van der Waals surface area contributed by atoms with Gasteiger partial charge in [-0.15, -0.1) is 0 Å². The summed E-state index contributed by atoms with van der Waals surface area (Å²) < 4.78 is 0. The summed E-state index contributed by atoms with van der Waals surface area (Å²) in [6.45, 7) is 0. The Hall–Kier alpha value is -0.0500. The number of thiophene rings is 1. The second-order valence-electron chi connectivity index (χ2n) is 3.63. The Balaban J connectivity index is 2.19. The average molecular weight is 217 g/mol. The summed E-state index contributed by atoms with van der Waals surface area (Å²) in [5.41, 5.74) is 1.15. The van der Waals surface area contributed by atoms with Crippen molar-refractivity contribution in [1.82, 2.24) is 0 Å². The summed E-state index contributed by atoms with van der Waals surface area (Å²) in [5, 5.41) is 14.7. The molecule has 1 aromatic rings. The lowest BCUT2D eigenvalue weighted by Crippen LogP contribution is -2.22. The highest BCUT2D eigenvalue weighted by atomic mass is 35.5. The van der Waals surface area contributed by atoms with Gasteiger partial charge in [-0.25, -0.2) is 0 Å². The van der Waals surface area contributed by atoms with E-state index in [1.807, 2.05) is 5.38 Å². The first-order chi connectivity index (χ1) is 6.29. The second kappa shape index (κ2) is 3.99. The molecule has 0 amide bonds. The zero-order valence-corrected chi connectivity index (χ0v) is 8.94. The Morgan fingerprint density at radius 3 is 2.69 bits per heavy atom. The van der Waals surface area contributed by atoms with Gasteiger partial charge in [0.15, 0.2) is 0 Å². The van der Waals surface area contributed by atoms with Crippen LogP contribution in [0.5, 0.6) is 0 Å². The van der Waals surface area contributed by atoms with Crippen molar-refractivity contribution < 1.29 is 5.11 Å². The monoisotopic (exact) mass is 216 g/mol. The van der Waals surface area contributed by atoms with Crippen molar-refractivity contribution in [3.8, 4) is 0 Å². The molecule has 3 heteroatoms. The van der Waals surface area contributed by atoms with Gasteiger partial charge in [0.05, 0.1) is 11.1 Å². The molecule has 2 atom stereocenters. The Morgan fingerprint density at radius 2 is 2.08 bits per heavy atom. The summed E-state index contributed by atoms with van der Waals surface area (Å²) >= 11 is 7.66. The quantitative estimate of drug-likeness (QED) is 0.763. The fourth-order valence-electron chi connectivity index (χ4n) is 2.03. The SMILES string of the molecule is O[C@@H]1CCCC[C@H]1c1cscc1Cl. The molecule has 0 unspecified atom stereocenters. The first kappa shape index (κ1) is 9.50. The maximum Gasteiger partial charge on any atom is 0.0609 e.